The zero-order valence-corrected chi connectivity index (χ0v) is 23.2. The summed E-state index contributed by atoms with van der Waals surface area (Å²) in [4.78, 5) is 0. The average molecular weight is 551 g/mol. The van der Waals surface area contributed by atoms with Gasteiger partial charge in [-0.05, 0) is 55.0 Å². The number of rotatable bonds is 3. The van der Waals surface area contributed by atoms with Crippen molar-refractivity contribution in [1.29, 1.82) is 0 Å². The summed E-state index contributed by atoms with van der Waals surface area (Å²) in [6, 6.07) is 34.2. The topological polar surface area (TPSA) is 30.2 Å². The monoisotopic (exact) mass is 550 g/mol. The van der Waals surface area contributed by atoms with Crippen LogP contribution < -0.4 is 4.57 Å². The van der Waals surface area contributed by atoms with Gasteiger partial charge in [0.1, 0.15) is 29.4 Å². The molecule has 42 heavy (non-hydrogen) atoms. The highest BCUT2D eigenvalue weighted by molar-refractivity contribution is 6.16. The first-order chi connectivity index (χ1) is 22.9. The summed E-state index contributed by atoms with van der Waals surface area (Å²) in [6.45, 7) is -3.27. The standard InChI is InChI=1S/C39H30NO2/c1-23-16-18-32-30-14-8-13-29(38(30)42-39(32)36(23)34-20-24(2)25(3)22-40(34)4)28-12-9-15-31-33-21-27(26-10-6-5-7-11-26)17-19-35(33)41-37(28)31/h5-22H,1-4H3/q+1/i2D3,3D3. The van der Waals surface area contributed by atoms with Gasteiger partial charge in [-0.25, -0.2) is 4.57 Å². The number of benzene rings is 5. The van der Waals surface area contributed by atoms with E-state index in [1.165, 1.54) is 12.3 Å². The highest BCUT2D eigenvalue weighted by atomic mass is 16.3. The van der Waals surface area contributed by atoms with Crippen LogP contribution in [0.15, 0.2) is 118 Å². The first-order valence-corrected chi connectivity index (χ1v) is 13.9. The highest BCUT2D eigenvalue weighted by Crippen LogP contribution is 2.43. The molecule has 0 saturated heterocycles. The Morgan fingerprint density at radius 1 is 0.571 bits per heavy atom. The predicted octanol–water partition coefficient (Wildman–Crippen LogP) is 10.2. The largest absolute Gasteiger partial charge is 0.455 e. The molecule has 0 fully saturated rings. The molecule has 8 rings (SSSR count). The maximum Gasteiger partial charge on any atom is 0.216 e. The molecule has 5 aromatic carbocycles. The van der Waals surface area contributed by atoms with Gasteiger partial charge in [-0.3, -0.25) is 0 Å². The van der Waals surface area contributed by atoms with Crippen LogP contribution in [0, 0.1) is 20.6 Å². The van der Waals surface area contributed by atoms with Gasteiger partial charge in [-0.2, -0.15) is 0 Å². The molecular weight excluding hydrogens is 514 g/mol. The van der Waals surface area contributed by atoms with Gasteiger partial charge in [0.25, 0.3) is 0 Å². The van der Waals surface area contributed by atoms with Crippen molar-refractivity contribution in [2.45, 2.75) is 20.6 Å². The van der Waals surface area contributed by atoms with E-state index in [1.54, 1.807) is 11.6 Å². The Morgan fingerprint density at radius 2 is 1.29 bits per heavy atom. The molecule has 0 radical (unpaired) electrons. The van der Waals surface area contributed by atoms with Crippen LogP contribution in [-0.2, 0) is 7.05 Å². The van der Waals surface area contributed by atoms with Crippen LogP contribution >= 0.6 is 0 Å². The fourth-order valence-corrected chi connectivity index (χ4v) is 6.21. The first kappa shape index (κ1) is 19.1. The molecular formula is C39H30NO2+. The molecule has 0 aliphatic carbocycles. The van der Waals surface area contributed by atoms with Crippen LogP contribution in [0.3, 0.4) is 0 Å². The summed E-state index contributed by atoms with van der Waals surface area (Å²) >= 11 is 0. The Morgan fingerprint density at radius 3 is 2.05 bits per heavy atom. The van der Waals surface area contributed by atoms with E-state index in [-0.39, 0.29) is 11.1 Å². The van der Waals surface area contributed by atoms with Gasteiger partial charge in [-0.15, -0.1) is 0 Å². The van der Waals surface area contributed by atoms with Gasteiger partial charge in [0.05, 0.1) is 5.56 Å². The molecule has 8 aromatic rings. The minimum atomic E-state index is -2.62. The molecule has 0 aliphatic heterocycles. The summed E-state index contributed by atoms with van der Waals surface area (Å²) in [6.07, 6.45) is 1.40. The molecule has 3 nitrogen and oxygen atoms in total. The number of hydrogen-bond acceptors (Lipinski definition) is 2. The number of fused-ring (bicyclic) bond motifs is 6. The second-order valence-electron chi connectivity index (χ2n) is 10.9. The first-order valence-electron chi connectivity index (χ1n) is 16.9. The number of para-hydroxylation sites is 2. The fraction of sp³-hybridized carbons (Fsp3) is 0.103. The molecule has 202 valence electrons. The van der Waals surface area contributed by atoms with E-state index in [0.717, 1.165) is 60.5 Å². The van der Waals surface area contributed by atoms with Gasteiger partial charge >= 0.3 is 0 Å². The van der Waals surface area contributed by atoms with Crippen LogP contribution in [0.4, 0.5) is 0 Å². The van der Waals surface area contributed by atoms with Crippen LogP contribution in [0.1, 0.15) is 24.9 Å². The van der Waals surface area contributed by atoms with Gasteiger partial charge < -0.3 is 8.83 Å². The second kappa shape index (κ2) is 9.19. The van der Waals surface area contributed by atoms with E-state index in [9.17, 15) is 0 Å². The van der Waals surface area contributed by atoms with Gasteiger partial charge in [0.15, 0.2) is 6.20 Å². The second-order valence-corrected chi connectivity index (χ2v) is 10.9. The molecule has 3 aromatic heterocycles. The van der Waals surface area contributed by atoms with Crippen molar-refractivity contribution in [3.63, 3.8) is 0 Å². The van der Waals surface area contributed by atoms with E-state index < -0.39 is 13.7 Å². The summed E-state index contributed by atoms with van der Waals surface area (Å²) in [5.74, 6) is 0. The predicted molar refractivity (Wildman–Crippen MR) is 173 cm³/mol. The molecule has 0 bridgehead atoms. The third-order valence-corrected chi connectivity index (χ3v) is 8.30. The van der Waals surface area contributed by atoms with Crippen molar-refractivity contribution in [2.24, 2.45) is 7.05 Å². The SMILES string of the molecule is [2H]C([2H])([2H])c1cc(-c2c(C)ccc3c2oc2c(-c4cccc5c4oc4ccc(-c6ccccc6)cc45)cccc23)[n+](C)cc1C([2H])([2H])[2H]. The maximum absolute atomic E-state index is 8.15. The molecule has 0 N–H and O–H groups in total. The van der Waals surface area contributed by atoms with Gasteiger partial charge in [-0.1, -0.05) is 84.9 Å². The molecule has 0 amide bonds. The molecule has 0 unspecified atom stereocenters. The van der Waals surface area contributed by atoms with Crippen molar-refractivity contribution < 1.29 is 21.6 Å². The van der Waals surface area contributed by atoms with E-state index in [1.807, 2.05) is 73.7 Å². The number of aromatic nitrogens is 1. The van der Waals surface area contributed by atoms with Crippen LogP contribution in [0.25, 0.3) is 77.4 Å². The normalized spacial score (nSPS) is 14.5. The molecule has 0 spiro atoms. The number of aryl methyl sites for hydroxylation is 4. The number of furan rings is 2. The molecule has 0 atom stereocenters. The Labute approximate surface area is 252 Å². The van der Waals surface area contributed by atoms with Crippen LogP contribution in [-0.4, -0.2) is 0 Å². The van der Waals surface area contributed by atoms with Crippen LogP contribution in [0.5, 0.6) is 0 Å². The summed E-state index contributed by atoms with van der Waals surface area (Å²) in [7, 11) is 1.73. The minimum absolute atomic E-state index is 0.194. The lowest BCUT2D eigenvalue weighted by atomic mass is 9.97. The Balaban J connectivity index is 1.36. The lowest BCUT2D eigenvalue weighted by Crippen LogP contribution is -2.31. The van der Waals surface area contributed by atoms with Crippen LogP contribution in [0.2, 0.25) is 0 Å². The molecule has 0 saturated carbocycles. The quantitative estimate of drug-likeness (QED) is 0.205. The van der Waals surface area contributed by atoms with Crippen molar-refractivity contribution in [3.8, 4) is 33.5 Å². The highest BCUT2D eigenvalue weighted by Gasteiger charge is 2.23. The smallest absolute Gasteiger partial charge is 0.216 e. The van der Waals surface area contributed by atoms with Gasteiger partial charge in [0.2, 0.25) is 5.69 Å². The molecule has 3 heteroatoms. The van der Waals surface area contributed by atoms with Crippen molar-refractivity contribution in [1.82, 2.24) is 0 Å². The van der Waals surface area contributed by atoms with Crippen molar-refractivity contribution in [2.75, 3.05) is 0 Å². The number of nitrogens with zero attached hydrogens (tertiary/aromatic N) is 1. The summed E-state index contributed by atoms with van der Waals surface area (Å²) < 4.78 is 63.4. The Bertz CT molecular complexity index is 2560. The van der Waals surface area contributed by atoms with E-state index >= 15 is 0 Å². The fourth-order valence-electron chi connectivity index (χ4n) is 6.21. The Kier molecular flexibility index (Phi) is 4.17. The number of hydrogen-bond donors (Lipinski definition) is 0. The molecule has 3 heterocycles. The zero-order valence-electron chi connectivity index (χ0n) is 29.2. The molecule has 0 aliphatic rings. The van der Waals surface area contributed by atoms with Crippen molar-refractivity contribution >= 4 is 43.9 Å². The van der Waals surface area contributed by atoms with E-state index in [4.69, 9.17) is 17.1 Å². The summed E-state index contributed by atoms with van der Waals surface area (Å²) in [5, 5.41) is 3.80. The third-order valence-electron chi connectivity index (χ3n) is 8.30. The lowest BCUT2D eigenvalue weighted by Gasteiger charge is -2.07. The van der Waals surface area contributed by atoms with E-state index in [2.05, 4.69) is 30.3 Å². The zero-order chi connectivity index (χ0) is 33.5. The Hall–Kier alpha value is -5.15. The lowest BCUT2D eigenvalue weighted by molar-refractivity contribution is -0.660. The number of pyridine rings is 1. The van der Waals surface area contributed by atoms with Crippen molar-refractivity contribution in [3.05, 3.63) is 126 Å². The van der Waals surface area contributed by atoms with Gasteiger partial charge in [0, 0.05) is 52.5 Å². The summed E-state index contributed by atoms with van der Waals surface area (Å²) in [5.41, 5.74) is 8.56. The average Bonchev–Trinajstić information content (AvgIpc) is 3.62. The third kappa shape index (κ3) is 3.63. The van der Waals surface area contributed by atoms with E-state index in [0.29, 0.717) is 22.4 Å². The minimum Gasteiger partial charge on any atom is -0.455 e. The maximum atomic E-state index is 8.15.